The van der Waals surface area contributed by atoms with Crippen LogP contribution < -0.4 is 11.1 Å². The number of amides is 1. The number of rotatable bonds is 4. The van der Waals surface area contributed by atoms with E-state index < -0.39 is 5.92 Å². The topological polar surface area (TPSA) is 55.1 Å². The molecule has 0 aliphatic carbocycles. The zero-order valence-electron chi connectivity index (χ0n) is 9.47. The minimum Gasteiger partial charge on any atom is -0.393 e. The van der Waals surface area contributed by atoms with E-state index in [4.69, 9.17) is 18.0 Å². The Bertz CT molecular complexity index is 470. The highest BCUT2D eigenvalue weighted by molar-refractivity contribution is 9.11. The van der Waals surface area contributed by atoms with E-state index >= 15 is 0 Å². The zero-order valence-corrected chi connectivity index (χ0v) is 15.0. The van der Waals surface area contributed by atoms with Gasteiger partial charge in [-0.2, -0.15) is 0 Å². The van der Waals surface area contributed by atoms with Crippen LogP contribution in [0.1, 0.15) is 13.3 Å². The molecule has 0 saturated carbocycles. The standard InChI is InChI=1S/C11H11Br3N2OS/c1-2-6(10(15)18)11(17)16-9-7(13)3-5(12)4-8(9)14/h3-4,6H,2H2,1H3,(H2,15,18)(H,16,17). The monoisotopic (exact) mass is 456 g/mol. The molecule has 1 unspecified atom stereocenters. The van der Waals surface area contributed by atoms with Crippen LogP contribution in [0.4, 0.5) is 5.69 Å². The first-order valence-electron chi connectivity index (χ1n) is 5.11. The molecule has 1 aromatic rings. The van der Waals surface area contributed by atoms with E-state index in [0.717, 1.165) is 13.4 Å². The van der Waals surface area contributed by atoms with Gasteiger partial charge in [-0.3, -0.25) is 4.79 Å². The summed E-state index contributed by atoms with van der Waals surface area (Å²) in [6.07, 6.45) is 0.576. The molecule has 1 atom stereocenters. The quantitative estimate of drug-likeness (QED) is 0.664. The van der Waals surface area contributed by atoms with Crippen molar-refractivity contribution < 1.29 is 4.79 Å². The molecule has 0 radical (unpaired) electrons. The lowest BCUT2D eigenvalue weighted by Gasteiger charge is -2.15. The second kappa shape index (κ2) is 6.98. The van der Waals surface area contributed by atoms with Crippen molar-refractivity contribution in [2.75, 3.05) is 5.32 Å². The Hall–Kier alpha value is 0.0200. The van der Waals surface area contributed by atoms with Gasteiger partial charge in [0.25, 0.3) is 0 Å². The lowest BCUT2D eigenvalue weighted by Crippen LogP contribution is -2.32. The third-order valence-electron chi connectivity index (χ3n) is 2.32. The van der Waals surface area contributed by atoms with Gasteiger partial charge in [0.1, 0.15) is 0 Å². The van der Waals surface area contributed by atoms with Gasteiger partial charge < -0.3 is 11.1 Å². The molecule has 3 N–H and O–H groups in total. The fraction of sp³-hybridized carbons (Fsp3) is 0.273. The molecule has 7 heteroatoms. The summed E-state index contributed by atoms with van der Waals surface area (Å²) in [4.78, 5) is 12.3. The normalized spacial score (nSPS) is 12.0. The molecule has 18 heavy (non-hydrogen) atoms. The van der Waals surface area contributed by atoms with Crippen LogP contribution in [0.3, 0.4) is 0 Å². The summed E-state index contributed by atoms with van der Waals surface area (Å²) in [6, 6.07) is 3.70. The first kappa shape index (κ1) is 16.1. The summed E-state index contributed by atoms with van der Waals surface area (Å²) in [5, 5.41) is 2.82. The van der Waals surface area contributed by atoms with E-state index in [1.165, 1.54) is 0 Å². The number of anilines is 1. The van der Waals surface area contributed by atoms with Crippen LogP contribution in [0.2, 0.25) is 0 Å². The van der Waals surface area contributed by atoms with Crippen molar-refractivity contribution >= 4 is 76.6 Å². The van der Waals surface area contributed by atoms with E-state index in [2.05, 4.69) is 53.1 Å². The number of carbonyl (C=O) groups excluding carboxylic acids is 1. The summed E-state index contributed by atoms with van der Waals surface area (Å²) < 4.78 is 2.45. The van der Waals surface area contributed by atoms with Gasteiger partial charge in [0.15, 0.2) is 0 Å². The fourth-order valence-corrected chi connectivity index (χ4v) is 4.12. The number of hydrogen-bond acceptors (Lipinski definition) is 2. The molecule has 98 valence electrons. The summed E-state index contributed by atoms with van der Waals surface area (Å²) >= 11 is 15.0. The molecule has 1 amide bonds. The Morgan fingerprint density at radius 1 is 1.39 bits per heavy atom. The molecule has 3 nitrogen and oxygen atoms in total. The van der Waals surface area contributed by atoms with Crippen molar-refractivity contribution in [3.05, 3.63) is 25.6 Å². The molecule has 0 spiro atoms. The fourth-order valence-electron chi connectivity index (χ4n) is 1.39. The molecule has 0 saturated heterocycles. The summed E-state index contributed by atoms with van der Waals surface area (Å²) in [7, 11) is 0. The number of hydrogen-bond donors (Lipinski definition) is 2. The van der Waals surface area contributed by atoms with Gasteiger partial charge in [-0.1, -0.05) is 35.1 Å². The lowest BCUT2D eigenvalue weighted by molar-refractivity contribution is -0.118. The third kappa shape index (κ3) is 4.01. The van der Waals surface area contributed by atoms with Crippen LogP contribution >= 0.6 is 60.0 Å². The van der Waals surface area contributed by atoms with Crippen LogP contribution in [0.15, 0.2) is 25.6 Å². The lowest BCUT2D eigenvalue weighted by atomic mass is 10.1. The van der Waals surface area contributed by atoms with Gasteiger partial charge in [-0.25, -0.2) is 0 Å². The van der Waals surface area contributed by atoms with Crippen LogP contribution in [0, 0.1) is 5.92 Å². The third-order valence-corrected chi connectivity index (χ3v) is 4.32. The van der Waals surface area contributed by atoms with E-state index in [9.17, 15) is 4.79 Å². The van der Waals surface area contributed by atoms with Gasteiger partial charge in [-0.05, 0) is 50.4 Å². The Balaban J connectivity index is 2.98. The molecular formula is C11H11Br3N2OS. The summed E-state index contributed by atoms with van der Waals surface area (Å²) in [6.45, 7) is 1.87. The Morgan fingerprint density at radius 2 is 1.89 bits per heavy atom. The first-order chi connectivity index (χ1) is 8.36. The number of nitrogens with two attached hydrogens (primary N) is 1. The molecule has 0 fully saturated rings. The molecule has 0 aromatic heterocycles. The molecule has 1 aromatic carbocycles. The molecule has 0 aliphatic heterocycles. The Morgan fingerprint density at radius 3 is 2.28 bits per heavy atom. The van der Waals surface area contributed by atoms with Crippen molar-refractivity contribution in [3.8, 4) is 0 Å². The largest absolute Gasteiger partial charge is 0.393 e. The predicted octanol–water partition coefficient (Wildman–Crippen LogP) is 4.22. The van der Waals surface area contributed by atoms with Gasteiger partial charge in [0.05, 0.1) is 16.6 Å². The molecule has 0 heterocycles. The second-order valence-corrected chi connectivity index (χ2v) is 6.69. The number of halogens is 3. The number of carbonyl (C=O) groups is 1. The summed E-state index contributed by atoms with van der Waals surface area (Å²) in [5.41, 5.74) is 6.21. The minimum atomic E-state index is -0.456. The van der Waals surface area contributed by atoms with Gasteiger partial charge >= 0.3 is 0 Å². The minimum absolute atomic E-state index is 0.200. The smallest absolute Gasteiger partial charge is 0.234 e. The average Bonchev–Trinajstić information content (AvgIpc) is 2.23. The maximum Gasteiger partial charge on any atom is 0.234 e. The molecule has 0 bridgehead atoms. The first-order valence-corrected chi connectivity index (χ1v) is 7.90. The SMILES string of the molecule is CCC(C(=O)Nc1c(Br)cc(Br)cc1Br)C(N)=S. The van der Waals surface area contributed by atoms with Crippen LogP contribution in [-0.2, 0) is 4.79 Å². The van der Waals surface area contributed by atoms with Crippen molar-refractivity contribution in [1.82, 2.24) is 0 Å². The zero-order chi connectivity index (χ0) is 13.9. The van der Waals surface area contributed by atoms with Crippen molar-refractivity contribution in [2.45, 2.75) is 13.3 Å². The van der Waals surface area contributed by atoms with Crippen molar-refractivity contribution in [1.29, 1.82) is 0 Å². The average molecular weight is 459 g/mol. The maximum absolute atomic E-state index is 12.0. The van der Waals surface area contributed by atoms with E-state index in [0.29, 0.717) is 12.1 Å². The second-order valence-electron chi connectivity index (χ2n) is 3.60. The highest BCUT2D eigenvalue weighted by atomic mass is 79.9. The van der Waals surface area contributed by atoms with E-state index in [-0.39, 0.29) is 10.9 Å². The van der Waals surface area contributed by atoms with E-state index in [1.54, 1.807) is 0 Å². The Kier molecular flexibility index (Phi) is 6.23. The van der Waals surface area contributed by atoms with Gasteiger partial charge in [0.2, 0.25) is 5.91 Å². The maximum atomic E-state index is 12.0. The predicted molar refractivity (Wildman–Crippen MR) is 88.7 cm³/mol. The van der Waals surface area contributed by atoms with E-state index in [1.807, 2.05) is 19.1 Å². The highest BCUT2D eigenvalue weighted by Crippen LogP contribution is 2.34. The molecule has 1 rings (SSSR count). The van der Waals surface area contributed by atoms with Gasteiger partial charge in [0, 0.05) is 13.4 Å². The van der Waals surface area contributed by atoms with Crippen molar-refractivity contribution in [3.63, 3.8) is 0 Å². The highest BCUT2D eigenvalue weighted by Gasteiger charge is 2.21. The number of nitrogens with one attached hydrogen (secondary N) is 1. The molecule has 0 aliphatic rings. The van der Waals surface area contributed by atoms with Crippen LogP contribution in [0.25, 0.3) is 0 Å². The molecular weight excluding hydrogens is 448 g/mol. The summed E-state index contributed by atoms with van der Waals surface area (Å²) in [5.74, 6) is -0.656. The Labute approximate surface area is 136 Å². The van der Waals surface area contributed by atoms with Gasteiger partial charge in [-0.15, -0.1) is 0 Å². The number of thiocarbonyl (C=S) groups is 1. The number of benzene rings is 1. The van der Waals surface area contributed by atoms with Crippen molar-refractivity contribution in [2.24, 2.45) is 11.7 Å². The van der Waals surface area contributed by atoms with Crippen LogP contribution in [-0.4, -0.2) is 10.9 Å². The van der Waals surface area contributed by atoms with Crippen LogP contribution in [0.5, 0.6) is 0 Å².